The fourth-order valence-electron chi connectivity index (χ4n) is 2.41. The van der Waals surface area contributed by atoms with Crippen molar-refractivity contribution < 1.29 is 0 Å². The minimum Gasteiger partial charge on any atom is -0.257 e. The van der Waals surface area contributed by atoms with Gasteiger partial charge in [-0.3, -0.25) is 5.10 Å². The predicted octanol–water partition coefficient (Wildman–Crippen LogP) is 3.76. The molecule has 0 aliphatic rings. The van der Waals surface area contributed by atoms with Gasteiger partial charge in [0.2, 0.25) is 0 Å². The molecule has 0 atom stereocenters. The van der Waals surface area contributed by atoms with Crippen LogP contribution in [0, 0.1) is 13.8 Å². The van der Waals surface area contributed by atoms with Crippen molar-refractivity contribution in [3.63, 3.8) is 0 Å². The molecule has 0 aliphatic heterocycles. The number of aromatic nitrogens is 3. The van der Waals surface area contributed by atoms with E-state index >= 15 is 0 Å². The first kappa shape index (κ1) is 11.7. The summed E-state index contributed by atoms with van der Waals surface area (Å²) in [5.41, 5.74) is 6.60. The van der Waals surface area contributed by atoms with E-state index in [1.54, 1.807) is 0 Å². The van der Waals surface area contributed by atoms with Gasteiger partial charge in [0.25, 0.3) is 0 Å². The molecule has 3 aromatic rings. The summed E-state index contributed by atoms with van der Waals surface area (Å²) in [6, 6.07) is 16.4. The van der Waals surface area contributed by atoms with Crippen LogP contribution in [-0.2, 0) is 0 Å². The Morgan fingerprint density at radius 3 is 2.21 bits per heavy atom. The topological polar surface area (TPSA) is 41.6 Å². The maximum absolute atomic E-state index is 4.24. The molecule has 0 saturated heterocycles. The molecule has 0 radical (unpaired) electrons. The first-order chi connectivity index (χ1) is 9.27. The SMILES string of the molecule is Cc1cccc(C)c1-c1[nH]nnc1-c1ccccc1. The zero-order valence-electron chi connectivity index (χ0n) is 11.0. The van der Waals surface area contributed by atoms with E-state index in [1.807, 2.05) is 18.2 Å². The lowest BCUT2D eigenvalue weighted by Crippen LogP contribution is -1.90. The summed E-state index contributed by atoms with van der Waals surface area (Å²) in [5, 5.41) is 11.3. The van der Waals surface area contributed by atoms with Crippen LogP contribution in [0.2, 0.25) is 0 Å². The van der Waals surface area contributed by atoms with Crippen LogP contribution in [0.4, 0.5) is 0 Å². The lowest BCUT2D eigenvalue weighted by atomic mass is 9.97. The second kappa shape index (κ2) is 4.69. The predicted molar refractivity (Wildman–Crippen MR) is 76.7 cm³/mol. The second-order valence-corrected chi connectivity index (χ2v) is 4.67. The number of hydrogen-bond donors (Lipinski definition) is 1. The van der Waals surface area contributed by atoms with Crippen molar-refractivity contribution in [3.05, 3.63) is 59.7 Å². The van der Waals surface area contributed by atoms with Gasteiger partial charge in [0.15, 0.2) is 0 Å². The van der Waals surface area contributed by atoms with Gasteiger partial charge in [0.05, 0.1) is 5.69 Å². The monoisotopic (exact) mass is 249 g/mol. The molecule has 0 amide bonds. The van der Waals surface area contributed by atoms with E-state index < -0.39 is 0 Å². The molecule has 3 rings (SSSR count). The van der Waals surface area contributed by atoms with Crippen molar-refractivity contribution in [2.45, 2.75) is 13.8 Å². The summed E-state index contributed by atoms with van der Waals surface area (Å²) in [7, 11) is 0. The number of nitrogens with zero attached hydrogens (tertiary/aromatic N) is 2. The zero-order chi connectivity index (χ0) is 13.2. The van der Waals surface area contributed by atoms with E-state index in [0.717, 1.165) is 17.0 Å². The lowest BCUT2D eigenvalue weighted by molar-refractivity contribution is 0.943. The smallest absolute Gasteiger partial charge is 0.120 e. The zero-order valence-corrected chi connectivity index (χ0v) is 11.0. The normalized spacial score (nSPS) is 10.6. The Labute approximate surface area is 112 Å². The molecule has 0 aliphatic carbocycles. The van der Waals surface area contributed by atoms with Crippen molar-refractivity contribution in [3.8, 4) is 22.5 Å². The van der Waals surface area contributed by atoms with Crippen LogP contribution in [0.15, 0.2) is 48.5 Å². The summed E-state index contributed by atoms with van der Waals surface area (Å²) in [5.74, 6) is 0. The molecule has 1 N–H and O–H groups in total. The van der Waals surface area contributed by atoms with Gasteiger partial charge >= 0.3 is 0 Å². The number of aromatic amines is 1. The van der Waals surface area contributed by atoms with Crippen LogP contribution in [0.3, 0.4) is 0 Å². The lowest BCUT2D eigenvalue weighted by Gasteiger charge is -2.09. The fourth-order valence-corrected chi connectivity index (χ4v) is 2.41. The minimum absolute atomic E-state index is 0.901. The van der Waals surface area contributed by atoms with Crippen molar-refractivity contribution in [1.82, 2.24) is 15.4 Å². The van der Waals surface area contributed by atoms with E-state index in [0.29, 0.717) is 0 Å². The maximum atomic E-state index is 4.24. The van der Waals surface area contributed by atoms with Gasteiger partial charge in [0, 0.05) is 11.1 Å². The quantitative estimate of drug-likeness (QED) is 0.751. The molecule has 3 heteroatoms. The van der Waals surface area contributed by atoms with Gasteiger partial charge < -0.3 is 0 Å². The first-order valence-corrected chi connectivity index (χ1v) is 6.30. The number of benzene rings is 2. The molecule has 0 fully saturated rings. The summed E-state index contributed by atoms with van der Waals surface area (Å²) < 4.78 is 0. The highest BCUT2D eigenvalue weighted by Gasteiger charge is 2.14. The Kier molecular flexibility index (Phi) is 2.88. The van der Waals surface area contributed by atoms with Gasteiger partial charge in [-0.1, -0.05) is 53.7 Å². The third-order valence-corrected chi connectivity index (χ3v) is 3.33. The molecule has 0 bridgehead atoms. The number of nitrogens with one attached hydrogen (secondary N) is 1. The number of hydrogen-bond acceptors (Lipinski definition) is 2. The third kappa shape index (κ3) is 2.03. The van der Waals surface area contributed by atoms with Crippen LogP contribution in [0.5, 0.6) is 0 Å². The largest absolute Gasteiger partial charge is 0.257 e. The number of H-pyrrole nitrogens is 1. The summed E-state index contributed by atoms with van der Waals surface area (Å²) in [6.45, 7) is 4.22. The van der Waals surface area contributed by atoms with E-state index in [4.69, 9.17) is 0 Å². The Balaban J connectivity index is 2.21. The highest BCUT2D eigenvalue weighted by molar-refractivity contribution is 5.80. The maximum Gasteiger partial charge on any atom is 0.120 e. The van der Waals surface area contributed by atoms with E-state index in [1.165, 1.54) is 16.7 Å². The standard InChI is InChI=1S/C16H15N3/c1-11-7-6-8-12(2)14(11)16-15(17-19-18-16)13-9-4-3-5-10-13/h3-10H,1-2H3,(H,17,18,19). The van der Waals surface area contributed by atoms with Crippen LogP contribution in [-0.4, -0.2) is 15.4 Å². The van der Waals surface area contributed by atoms with Crippen LogP contribution < -0.4 is 0 Å². The Bertz CT molecular complexity index is 679. The van der Waals surface area contributed by atoms with E-state index in [9.17, 15) is 0 Å². The molecular formula is C16H15N3. The third-order valence-electron chi connectivity index (χ3n) is 3.33. The molecule has 94 valence electrons. The van der Waals surface area contributed by atoms with Gasteiger partial charge in [-0.15, -0.1) is 5.10 Å². The summed E-state index contributed by atoms with van der Waals surface area (Å²) >= 11 is 0. The van der Waals surface area contributed by atoms with E-state index in [-0.39, 0.29) is 0 Å². The highest BCUT2D eigenvalue weighted by atomic mass is 15.3. The van der Waals surface area contributed by atoms with Gasteiger partial charge in [-0.05, 0) is 25.0 Å². The van der Waals surface area contributed by atoms with Crippen molar-refractivity contribution in [1.29, 1.82) is 0 Å². The molecule has 0 unspecified atom stereocenters. The van der Waals surface area contributed by atoms with Gasteiger partial charge in [-0.2, -0.15) is 0 Å². The van der Waals surface area contributed by atoms with Crippen LogP contribution >= 0.6 is 0 Å². The van der Waals surface area contributed by atoms with Crippen molar-refractivity contribution in [2.75, 3.05) is 0 Å². The minimum atomic E-state index is 0.901. The molecule has 0 saturated carbocycles. The molecule has 3 nitrogen and oxygen atoms in total. The number of rotatable bonds is 2. The Morgan fingerprint density at radius 2 is 1.53 bits per heavy atom. The first-order valence-electron chi connectivity index (χ1n) is 6.30. The summed E-state index contributed by atoms with van der Waals surface area (Å²) in [6.07, 6.45) is 0. The van der Waals surface area contributed by atoms with Crippen molar-refractivity contribution >= 4 is 0 Å². The van der Waals surface area contributed by atoms with Crippen LogP contribution in [0.1, 0.15) is 11.1 Å². The average molecular weight is 249 g/mol. The van der Waals surface area contributed by atoms with Gasteiger partial charge in [-0.25, -0.2) is 0 Å². The Morgan fingerprint density at radius 1 is 0.842 bits per heavy atom. The molecule has 0 spiro atoms. The molecule has 1 aromatic heterocycles. The average Bonchev–Trinajstić information content (AvgIpc) is 2.89. The second-order valence-electron chi connectivity index (χ2n) is 4.67. The van der Waals surface area contributed by atoms with Crippen LogP contribution in [0.25, 0.3) is 22.5 Å². The Hall–Kier alpha value is -2.42. The van der Waals surface area contributed by atoms with E-state index in [2.05, 4.69) is 59.6 Å². The van der Waals surface area contributed by atoms with Crippen molar-refractivity contribution in [2.24, 2.45) is 0 Å². The molecular weight excluding hydrogens is 234 g/mol. The molecule has 2 aromatic carbocycles. The molecule has 1 heterocycles. The fraction of sp³-hybridized carbons (Fsp3) is 0.125. The highest BCUT2D eigenvalue weighted by Crippen LogP contribution is 2.32. The summed E-state index contributed by atoms with van der Waals surface area (Å²) in [4.78, 5) is 0. The number of aryl methyl sites for hydroxylation is 2. The van der Waals surface area contributed by atoms with Gasteiger partial charge in [0.1, 0.15) is 5.69 Å². The molecule has 19 heavy (non-hydrogen) atoms.